The maximum Gasteiger partial charge on any atom is 0.266 e. The molecule has 7 heteroatoms. The van der Waals surface area contributed by atoms with Crippen LogP contribution in [-0.2, 0) is 6.54 Å². The number of hydrogen-bond donors (Lipinski definition) is 1. The smallest absolute Gasteiger partial charge is 0.266 e. The van der Waals surface area contributed by atoms with Gasteiger partial charge in [0.2, 0.25) is 0 Å². The number of hydrogen-bond acceptors (Lipinski definition) is 6. The normalized spacial score (nSPS) is 14.4. The quantitative estimate of drug-likeness (QED) is 0.782. The Balaban J connectivity index is 1.48. The van der Waals surface area contributed by atoms with E-state index in [9.17, 15) is 4.79 Å². The van der Waals surface area contributed by atoms with E-state index in [-0.39, 0.29) is 5.56 Å². The molecule has 0 unspecified atom stereocenters. The molecule has 3 aromatic rings. The Hall–Kier alpha value is -2.28. The minimum atomic E-state index is -0.0600. The average molecular weight is 313 g/mol. The molecule has 22 heavy (non-hydrogen) atoms. The molecule has 1 aliphatic rings. The van der Waals surface area contributed by atoms with Crippen LogP contribution in [0, 0.1) is 0 Å². The van der Waals surface area contributed by atoms with Crippen LogP contribution in [0.3, 0.4) is 0 Å². The summed E-state index contributed by atoms with van der Waals surface area (Å²) in [7, 11) is 0. The van der Waals surface area contributed by atoms with Gasteiger partial charge in [0.1, 0.15) is 12.1 Å². The molecule has 6 nitrogen and oxygen atoms in total. The molecule has 0 amide bonds. The summed E-state index contributed by atoms with van der Waals surface area (Å²) in [6.45, 7) is 1.13. The van der Waals surface area contributed by atoms with Crippen molar-refractivity contribution in [1.29, 1.82) is 0 Å². The van der Waals surface area contributed by atoms with E-state index in [2.05, 4.69) is 20.4 Å². The second-order valence-corrected chi connectivity index (χ2v) is 6.29. The van der Waals surface area contributed by atoms with E-state index in [1.54, 1.807) is 23.7 Å². The van der Waals surface area contributed by atoms with Gasteiger partial charge < -0.3 is 5.32 Å². The number of fused-ring (bicyclic) bond motifs is 1. The van der Waals surface area contributed by atoms with Gasteiger partial charge in [0, 0.05) is 18.5 Å². The van der Waals surface area contributed by atoms with E-state index in [4.69, 9.17) is 0 Å². The van der Waals surface area contributed by atoms with Gasteiger partial charge in [0.15, 0.2) is 0 Å². The molecule has 0 atom stereocenters. The number of thiophene rings is 1. The number of nitrogens with one attached hydrogen (secondary N) is 1. The van der Waals surface area contributed by atoms with E-state index in [0.717, 1.165) is 21.7 Å². The second kappa shape index (κ2) is 5.49. The first-order valence-electron chi connectivity index (χ1n) is 7.31. The fourth-order valence-corrected chi connectivity index (χ4v) is 3.23. The highest BCUT2D eigenvalue weighted by atomic mass is 32.1. The molecule has 1 N–H and O–H groups in total. The molecular formula is C15H15N5OS. The minimum absolute atomic E-state index is 0.0600. The Morgan fingerprint density at radius 3 is 3.05 bits per heavy atom. The van der Waals surface area contributed by atoms with Crippen LogP contribution in [0.1, 0.15) is 24.5 Å². The van der Waals surface area contributed by atoms with Crippen LogP contribution in [0.15, 0.2) is 34.7 Å². The van der Waals surface area contributed by atoms with Gasteiger partial charge in [-0.1, -0.05) is 0 Å². The van der Waals surface area contributed by atoms with Gasteiger partial charge >= 0.3 is 0 Å². The molecule has 112 valence electrons. The molecule has 3 heterocycles. The van der Waals surface area contributed by atoms with Crippen molar-refractivity contribution in [1.82, 2.24) is 19.7 Å². The van der Waals surface area contributed by atoms with E-state index >= 15 is 0 Å². The summed E-state index contributed by atoms with van der Waals surface area (Å²) in [4.78, 5) is 20.4. The molecular weight excluding hydrogens is 298 g/mol. The lowest BCUT2D eigenvalue weighted by Crippen LogP contribution is -2.26. The Morgan fingerprint density at radius 2 is 2.18 bits per heavy atom. The van der Waals surface area contributed by atoms with Gasteiger partial charge in [-0.25, -0.2) is 14.6 Å². The number of nitrogens with zero attached hydrogens (tertiary/aromatic N) is 4. The zero-order valence-corrected chi connectivity index (χ0v) is 12.7. The third-order valence-corrected chi connectivity index (χ3v) is 4.65. The second-order valence-electron chi connectivity index (χ2n) is 5.38. The molecule has 1 fully saturated rings. The third-order valence-electron chi connectivity index (χ3n) is 3.74. The Kier molecular flexibility index (Phi) is 3.34. The van der Waals surface area contributed by atoms with Crippen LogP contribution in [0.4, 0.5) is 5.82 Å². The van der Waals surface area contributed by atoms with Crippen LogP contribution in [0.25, 0.3) is 10.2 Å². The van der Waals surface area contributed by atoms with E-state index in [0.29, 0.717) is 19.0 Å². The summed E-state index contributed by atoms with van der Waals surface area (Å²) in [6.07, 6.45) is 3.91. The van der Waals surface area contributed by atoms with E-state index in [1.165, 1.54) is 17.5 Å². The highest BCUT2D eigenvalue weighted by Gasteiger charge is 2.25. The van der Waals surface area contributed by atoms with Crippen LogP contribution in [-0.4, -0.2) is 26.3 Å². The van der Waals surface area contributed by atoms with Crippen molar-refractivity contribution in [3.05, 3.63) is 46.0 Å². The fraction of sp³-hybridized carbons (Fsp3) is 0.333. The molecule has 4 rings (SSSR count). The summed E-state index contributed by atoms with van der Waals surface area (Å²) in [5.41, 5.74) is 1.91. The van der Waals surface area contributed by atoms with Gasteiger partial charge in [0.05, 0.1) is 22.5 Å². The van der Waals surface area contributed by atoms with Crippen molar-refractivity contribution >= 4 is 27.4 Å². The first kappa shape index (κ1) is 13.4. The topological polar surface area (TPSA) is 72.7 Å². The summed E-state index contributed by atoms with van der Waals surface area (Å²) in [6, 6.07) is 5.43. The Labute approximate surface area is 130 Å². The first-order valence-corrected chi connectivity index (χ1v) is 8.19. The van der Waals surface area contributed by atoms with Gasteiger partial charge in [-0.2, -0.15) is 5.10 Å². The lowest BCUT2D eigenvalue weighted by Gasteiger charge is -2.08. The van der Waals surface area contributed by atoms with Crippen LogP contribution < -0.4 is 10.9 Å². The van der Waals surface area contributed by atoms with Crippen LogP contribution in [0.5, 0.6) is 0 Å². The van der Waals surface area contributed by atoms with Crippen molar-refractivity contribution < 1.29 is 0 Å². The minimum Gasteiger partial charge on any atom is -0.367 e. The molecule has 0 bridgehead atoms. The van der Waals surface area contributed by atoms with Crippen molar-refractivity contribution in [2.24, 2.45) is 0 Å². The predicted octanol–water partition coefficient (Wildman–Crippen LogP) is 2.24. The molecule has 0 saturated heterocycles. The molecule has 3 aromatic heterocycles. The van der Waals surface area contributed by atoms with Crippen LogP contribution in [0.2, 0.25) is 0 Å². The highest BCUT2D eigenvalue weighted by molar-refractivity contribution is 7.17. The van der Waals surface area contributed by atoms with Crippen molar-refractivity contribution in [3.8, 4) is 0 Å². The fourth-order valence-electron chi connectivity index (χ4n) is 2.42. The standard InChI is InChI=1S/C15H15N5OS/c21-13-4-3-11(10-1-2-10)19-20(13)7-6-16-15-14-12(5-8-22-14)17-9-18-15/h3-5,8-10H,1-2,6-7H2,(H,16,17,18). The number of anilines is 1. The van der Waals surface area contributed by atoms with Gasteiger partial charge in [0.25, 0.3) is 5.56 Å². The molecule has 0 radical (unpaired) electrons. The Morgan fingerprint density at radius 1 is 1.27 bits per heavy atom. The molecule has 1 saturated carbocycles. The highest BCUT2D eigenvalue weighted by Crippen LogP contribution is 2.38. The summed E-state index contributed by atoms with van der Waals surface area (Å²) in [5, 5.41) is 9.72. The first-order chi connectivity index (χ1) is 10.8. The lowest BCUT2D eigenvalue weighted by atomic mass is 10.3. The molecule has 1 aliphatic carbocycles. The Bertz CT molecular complexity index is 867. The molecule has 0 spiro atoms. The predicted molar refractivity (Wildman–Crippen MR) is 86.4 cm³/mol. The number of aromatic nitrogens is 4. The van der Waals surface area contributed by atoms with Gasteiger partial charge in [-0.15, -0.1) is 11.3 Å². The number of rotatable bonds is 5. The van der Waals surface area contributed by atoms with Crippen molar-refractivity contribution in [2.45, 2.75) is 25.3 Å². The SMILES string of the molecule is O=c1ccc(C2CC2)nn1CCNc1ncnc2ccsc12. The van der Waals surface area contributed by atoms with Crippen molar-refractivity contribution in [3.63, 3.8) is 0 Å². The maximum absolute atomic E-state index is 11.9. The molecule has 0 aliphatic heterocycles. The zero-order valence-electron chi connectivity index (χ0n) is 11.9. The lowest BCUT2D eigenvalue weighted by molar-refractivity contribution is 0.582. The van der Waals surface area contributed by atoms with Crippen molar-refractivity contribution in [2.75, 3.05) is 11.9 Å². The largest absolute Gasteiger partial charge is 0.367 e. The third kappa shape index (κ3) is 2.59. The average Bonchev–Trinajstić information content (AvgIpc) is 3.26. The van der Waals surface area contributed by atoms with Gasteiger partial charge in [-0.3, -0.25) is 4.79 Å². The maximum atomic E-state index is 11.9. The van der Waals surface area contributed by atoms with E-state index in [1.807, 2.05) is 17.5 Å². The zero-order chi connectivity index (χ0) is 14.9. The van der Waals surface area contributed by atoms with E-state index < -0.39 is 0 Å². The monoisotopic (exact) mass is 313 g/mol. The summed E-state index contributed by atoms with van der Waals surface area (Å²) >= 11 is 1.61. The molecule has 0 aromatic carbocycles. The van der Waals surface area contributed by atoms with Gasteiger partial charge in [-0.05, 0) is 30.4 Å². The summed E-state index contributed by atoms with van der Waals surface area (Å²) < 4.78 is 2.57. The van der Waals surface area contributed by atoms with Crippen LogP contribution >= 0.6 is 11.3 Å². The summed E-state index contributed by atoms with van der Waals surface area (Å²) in [5.74, 6) is 1.36.